The molecule has 4 heteroatoms. The quantitative estimate of drug-likeness (QED) is 0.814. The van der Waals surface area contributed by atoms with Crippen molar-refractivity contribution in [3.63, 3.8) is 0 Å². The predicted molar refractivity (Wildman–Crippen MR) is 89.0 cm³/mol. The summed E-state index contributed by atoms with van der Waals surface area (Å²) in [6.07, 6.45) is 2.80. The van der Waals surface area contributed by atoms with E-state index in [1.165, 1.54) is 5.56 Å². The molecule has 0 spiro atoms. The molecular formula is C17H22BrNO2. The Kier molecular flexibility index (Phi) is 5.48. The molecule has 0 aliphatic heterocycles. The molecule has 0 saturated carbocycles. The number of hydrogen-bond acceptors (Lipinski definition) is 3. The van der Waals surface area contributed by atoms with E-state index >= 15 is 0 Å². The first-order chi connectivity index (χ1) is 10.1. The Morgan fingerprint density at radius 1 is 1.29 bits per heavy atom. The van der Waals surface area contributed by atoms with Crippen LogP contribution in [0, 0.1) is 13.8 Å². The van der Waals surface area contributed by atoms with Gasteiger partial charge >= 0.3 is 0 Å². The van der Waals surface area contributed by atoms with Crippen LogP contribution in [0.25, 0.3) is 0 Å². The van der Waals surface area contributed by atoms with E-state index in [0.29, 0.717) is 0 Å². The molecule has 1 unspecified atom stereocenters. The molecule has 3 nitrogen and oxygen atoms in total. The monoisotopic (exact) mass is 351 g/mol. The Bertz CT molecular complexity index is 584. The molecule has 0 fully saturated rings. The molecule has 1 atom stereocenters. The molecule has 1 heterocycles. The maximum Gasteiger partial charge on any atom is 0.174 e. The lowest BCUT2D eigenvalue weighted by Crippen LogP contribution is -2.23. The normalized spacial score (nSPS) is 12.4. The fraction of sp³-hybridized carbons (Fsp3) is 0.412. The zero-order chi connectivity index (χ0) is 15.4. The Morgan fingerprint density at radius 2 is 1.95 bits per heavy atom. The maximum atomic E-state index is 5.46. The van der Waals surface area contributed by atoms with Gasteiger partial charge in [0, 0.05) is 5.56 Å². The largest absolute Gasteiger partial charge is 0.496 e. The number of hydrogen-bond donors (Lipinski definition) is 1. The maximum absolute atomic E-state index is 5.46. The van der Waals surface area contributed by atoms with Gasteiger partial charge in [-0.3, -0.25) is 0 Å². The van der Waals surface area contributed by atoms with Crippen molar-refractivity contribution in [3.05, 3.63) is 51.4 Å². The number of ether oxygens (including phenoxy) is 1. The number of halogens is 1. The molecule has 1 aromatic heterocycles. The van der Waals surface area contributed by atoms with Crippen molar-refractivity contribution in [2.24, 2.45) is 0 Å². The standard InChI is InChI=1S/C17H22BrNO2/c1-5-7-19-15(14-6-8-21-17(14)18)13-9-11(2)16(20-4)12(3)10-13/h6,8-10,15,19H,5,7H2,1-4H3. The molecule has 1 N–H and O–H groups in total. The molecular weight excluding hydrogens is 330 g/mol. The average Bonchev–Trinajstić information content (AvgIpc) is 2.85. The highest BCUT2D eigenvalue weighted by molar-refractivity contribution is 9.10. The smallest absolute Gasteiger partial charge is 0.174 e. The summed E-state index contributed by atoms with van der Waals surface area (Å²) >= 11 is 3.49. The van der Waals surface area contributed by atoms with Crippen molar-refractivity contribution in [3.8, 4) is 5.75 Å². The van der Waals surface area contributed by atoms with Gasteiger partial charge < -0.3 is 14.5 Å². The van der Waals surface area contributed by atoms with Gasteiger partial charge in [0.25, 0.3) is 0 Å². The first-order valence-corrected chi connectivity index (χ1v) is 7.99. The summed E-state index contributed by atoms with van der Waals surface area (Å²) in [6, 6.07) is 6.48. The summed E-state index contributed by atoms with van der Waals surface area (Å²) < 4.78 is 11.6. The summed E-state index contributed by atoms with van der Waals surface area (Å²) in [7, 11) is 1.72. The van der Waals surface area contributed by atoms with Crippen molar-refractivity contribution in [1.29, 1.82) is 0 Å². The van der Waals surface area contributed by atoms with Crippen LogP contribution in [-0.2, 0) is 0 Å². The molecule has 21 heavy (non-hydrogen) atoms. The summed E-state index contributed by atoms with van der Waals surface area (Å²) in [5.74, 6) is 0.958. The lowest BCUT2D eigenvalue weighted by molar-refractivity contribution is 0.408. The average molecular weight is 352 g/mol. The molecule has 0 aliphatic rings. The van der Waals surface area contributed by atoms with Crippen LogP contribution >= 0.6 is 15.9 Å². The van der Waals surface area contributed by atoms with E-state index < -0.39 is 0 Å². The van der Waals surface area contributed by atoms with Crippen LogP contribution in [0.5, 0.6) is 5.75 Å². The number of methoxy groups -OCH3 is 1. The zero-order valence-corrected chi connectivity index (χ0v) is 14.6. The van der Waals surface area contributed by atoms with E-state index in [0.717, 1.165) is 40.1 Å². The molecule has 0 amide bonds. The fourth-order valence-electron chi connectivity index (χ4n) is 2.68. The Labute approximate surface area is 134 Å². The molecule has 0 bridgehead atoms. The first-order valence-electron chi connectivity index (χ1n) is 7.19. The molecule has 0 radical (unpaired) electrons. The number of furan rings is 1. The van der Waals surface area contributed by atoms with Crippen molar-refractivity contribution in [2.45, 2.75) is 33.2 Å². The summed E-state index contributed by atoms with van der Waals surface area (Å²) in [5, 5.41) is 3.59. The van der Waals surface area contributed by atoms with E-state index in [-0.39, 0.29) is 6.04 Å². The van der Waals surface area contributed by atoms with Crippen LogP contribution < -0.4 is 10.1 Å². The lowest BCUT2D eigenvalue weighted by atomic mass is 9.96. The summed E-state index contributed by atoms with van der Waals surface area (Å²) in [4.78, 5) is 0. The second kappa shape index (κ2) is 7.14. The molecule has 1 aromatic carbocycles. The summed E-state index contributed by atoms with van der Waals surface area (Å²) in [5.41, 5.74) is 4.64. The van der Waals surface area contributed by atoms with E-state index in [1.807, 2.05) is 6.07 Å². The second-order valence-corrected chi connectivity index (χ2v) is 5.94. The van der Waals surface area contributed by atoms with Gasteiger partial charge in [0.2, 0.25) is 0 Å². The van der Waals surface area contributed by atoms with Crippen molar-refractivity contribution in [1.82, 2.24) is 5.32 Å². The van der Waals surface area contributed by atoms with Gasteiger partial charge in [0.15, 0.2) is 4.67 Å². The van der Waals surface area contributed by atoms with Gasteiger partial charge in [0.1, 0.15) is 5.75 Å². The van der Waals surface area contributed by atoms with Crippen LogP contribution in [0.15, 0.2) is 33.5 Å². The highest BCUT2D eigenvalue weighted by Gasteiger charge is 2.20. The molecule has 2 aromatic rings. The molecule has 0 aliphatic carbocycles. The van der Waals surface area contributed by atoms with Gasteiger partial charge in [-0.2, -0.15) is 0 Å². The highest BCUT2D eigenvalue weighted by Crippen LogP contribution is 2.33. The first kappa shape index (κ1) is 16.1. The summed E-state index contributed by atoms with van der Waals surface area (Å²) in [6.45, 7) is 7.28. The Balaban J connectivity index is 2.44. The zero-order valence-electron chi connectivity index (χ0n) is 13.0. The third-order valence-electron chi connectivity index (χ3n) is 3.58. The number of aryl methyl sites for hydroxylation is 2. The van der Waals surface area contributed by atoms with E-state index in [4.69, 9.17) is 9.15 Å². The van der Waals surface area contributed by atoms with Crippen molar-refractivity contribution in [2.75, 3.05) is 13.7 Å². The van der Waals surface area contributed by atoms with Crippen LogP contribution in [-0.4, -0.2) is 13.7 Å². The third-order valence-corrected chi connectivity index (χ3v) is 4.22. The van der Waals surface area contributed by atoms with Crippen LogP contribution in [0.1, 0.15) is 41.6 Å². The van der Waals surface area contributed by atoms with Gasteiger partial charge in [-0.25, -0.2) is 0 Å². The minimum atomic E-state index is 0.112. The molecule has 2 rings (SSSR count). The topological polar surface area (TPSA) is 34.4 Å². The minimum Gasteiger partial charge on any atom is -0.496 e. The SMILES string of the molecule is CCCNC(c1cc(C)c(OC)c(C)c1)c1ccoc1Br. The molecule has 0 saturated heterocycles. The van der Waals surface area contributed by atoms with Gasteiger partial charge in [-0.05, 0) is 65.5 Å². The van der Waals surface area contributed by atoms with Crippen LogP contribution in [0.3, 0.4) is 0 Å². The number of nitrogens with one attached hydrogen (secondary N) is 1. The van der Waals surface area contributed by atoms with Gasteiger partial charge in [-0.15, -0.1) is 0 Å². The Hall–Kier alpha value is -1.26. The van der Waals surface area contributed by atoms with E-state index in [9.17, 15) is 0 Å². The Morgan fingerprint density at radius 3 is 2.43 bits per heavy atom. The van der Waals surface area contributed by atoms with E-state index in [2.05, 4.69) is 54.2 Å². The highest BCUT2D eigenvalue weighted by atomic mass is 79.9. The van der Waals surface area contributed by atoms with Crippen LogP contribution in [0.2, 0.25) is 0 Å². The van der Waals surface area contributed by atoms with Gasteiger partial charge in [0.05, 0.1) is 19.4 Å². The third kappa shape index (κ3) is 3.50. The minimum absolute atomic E-state index is 0.112. The van der Waals surface area contributed by atoms with Crippen molar-refractivity contribution < 1.29 is 9.15 Å². The molecule has 114 valence electrons. The van der Waals surface area contributed by atoms with Gasteiger partial charge in [-0.1, -0.05) is 19.1 Å². The van der Waals surface area contributed by atoms with E-state index in [1.54, 1.807) is 13.4 Å². The van der Waals surface area contributed by atoms with Crippen LogP contribution in [0.4, 0.5) is 0 Å². The number of benzene rings is 1. The lowest BCUT2D eigenvalue weighted by Gasteiger charge is -2.21. The fourth-order valence-corrected chi connectivity index (χ4v) is 3.15. The predicted octanol–water partition coefficient (Wildman–Crippen LogP) is 4.76. The number of rotatable bonds is 6. The second-order valence-electron chi connectivity index (χ2n) is 5.22. The van der Waals surface area contributed by atoms with Crippen molar-refractivity contribution >= 4 is 15.9 Å².